The molecule has 1 amide bonds. The molecule has 1 aromatic carbocycles. The molecule has 7 rings (SSSR count). The van der Waals surface area contributed by atoms with Gasteiger partial charge in [-0.2, -0.15) is 4.98 Å². The number of aryl methyl sites for hydroxylation is 1. The van der Waals surface area contributed by atoms with Gasteiger partial charge in [0.15, 0.2) is 0 Å². The van der Waals surface area contributed by atoms with Gasteiger partial charge in [-0.15, -0.1) is 0 Å². The van der Waals surface area contributed by atoms with Crippen LogP contribution in [0.3, 0.4) is 0 Å². The Morgan fingerprint density at radius 1 is 0.970 bits per heavy atom. The van der Waals surface area contributed by atoms with Gasteiger partial charge in [-0.3, -0.25) is 4.79 Å². The maximum absolute atomic E-state index is 13.3. The largest absolute Gasteiger partial charge is 0.378 e. The lowest BCUT2D eigenvalue weighted by molar-refractivity contribution is -0.140. The first-order valence-corrected chi connectivity index (χ1v) is 12.4. The number of hydrogen-bond acceptors (Lipinski definition) is 6. The summed E-state index contributed by atoms with van der Waals surface area (Å²) in [7, 11) is 0. The molecule has 5 fully saturated rings. The van der Waals surface area contributed by atoms with Crippen LogP contribution in [0.1, 0.15) is 44.2 Å². The molecule has 4 aliphatic carbocycles. The summed E-state index contributed by atoms with van der Waals surface area (Å²) in [4.78, 5) is 24.8. The van der Waals surface area contributed by atoms with Crippen molar-refractivity contribution in [2.75, 3.05) is 41.8 Å². The van der Waals surface area contributed by atoms with E-state index in [2.05, 4.69) is 20.5 Å². The normalized spacial score (nSPS) is 30.3. The highest BCUT2D eigenvalue weighted by Gasteiger charge is 2.54. The van der Waals surface area contributed by atoms with Crippen LogP contribution in [0.15, 0.2) is 30.3 Å². The van der Waals surface area contributed by atoms with E-state index in [0.29, 0.717) is 13.2 Å². The predicted molar refractivity (Wildman–Crippen MR) is 129 cm³/mol. The van der Waals surface area contributed by atoms with Crippen LogP contribution in [0.5, 0.6) is 0 Å². The van der Waals surface area contributed by atoms with Gasteiger partial charge < -0.3 is 20.3 Å². The van der Waals surface area contributed by atoms with E-state index in [1.165, 1.54) is 19.3 Å². The number of benzene rings is 1. The standard InChI is InChI=1S/C26H33N5O2/c1-17-10-23(30-25(27-17)31-6-8-33-9-7-31)28-21-2-4-22(5-3-21)29-24(32)26-14-18-11-19(15-26)13-20(12-18)16-26/h2-5,10,18-20H,6-9,11-16H2,1H3,(H,29,32)(H,27,28,30). The molecule has 7 nitrogen and oxygen atoms in total. The molecule has 0 spiro atoms. The van der Waals surface area contributed by atoms with Crippen molar-refractivity contribution >= 4 is 29.0 Å². The molecule has 4 saturated carbocycles. The first-order valence-electron chi connectivity index (χ1n) is 12.4. The number of morpholine rings is 1. The van der Waals surface area contributed by atoms with Crippen LogP contribution in [0.2, 0.25) is 0 Å². The summed E-state index contributed by atoms with van der Waals surface area (Å²) in [5.74, 6) is 4.06. The van der Waals surface area contributed by atoms with Crippen molar-refractivity contribution in [3.63, 3.8) is 0 Å². The summed E-state index contributed by atoms with van der Waals surface area (Å²) in [6.45, 7) is 5.01. The highest BCUT2D eigenvalue weighted by atomic mass is 16.5. The SMILES string of the molecule is Cc1cc(Nc2ccc(NC(=O)C34CC5CC(CC(C5)C3)C4)cc2)nc(N2CCOCC2)n1. The van der Waals surface area contributed by atoms with E-state index in [1.807, 2.05) is 37.3 Å². The van der Waals surface area contributed by atoms with E-state index in [4.69, 9.17) is 9.72 Å². The van der Waals surface area contributed by atoms with E-state index >= 15 is 0 Å². The quantitative estimate of drug-likeness (QED) is 0.702. The van der Waals surface area contributed by atoms with Gasteiger partial charge >= 0.3 is 0 Å². The van der Waals surface area contributed by atoms with Crippen molar-refractivity contribution in [3.05, 3.63) is 36.0 Å². The number of amides is 1. The average Bonchev–Trinajstić information content (AvgIpc) is 2.80. The number of nitrogens with one attached hydrogen (secondary N) is 2. The molecule has 1 aromatic heterocycles. The summed E-state index contributed by atoms with van der Waals surface area (Å²) in [5, 5.41) is 6.63. The number of carbonyl (C=O) groups excluding carboxylic acids is 1. The smallest absolute Gasteiger partial charge is 0.230 e. The van der Waals surface area contributed by atoms with Gasteiger partial charge in [-0.05, 0) is 87.5 Å². The zero-order chi connectivity index (χ0) is 22.4. The monoisotopic (exact) mass is 447 g/mol. The Labute approximate surface area is 195 Å². The second kappa shape index (κ2) is 8.28. The van der Waals surface area contributed by atoms with Crippen molar-refractivity contribution in [2.45, 2.75) is 45.4 Å². The molecule has 2 N–H and O–H groups in total. The number of anilines is 4. The van der Waals surface area contributed by atoms with E-state index in [0.717, 1.165) is 78.9 Å². The number of aromatic nitrogens is 2. The minimum atomic E-state index is -0.125. The fourth-order valence-corrected chi connectivity index (χ4v) is 6.96. The Kier molecular flexibility index (Phi) is 5.24. The minimum absolute atomic E-state index is 0.125. The van der Waals surface area contributed by atoms with Crippen LogP contribution in [0, 0.1) is 30.1 Å². The Morgan fingerprint density at radius 2 is 1.58 bits per heavy atom. The molecule has 2 aromatic rings. The summed E-state index contributed by atoms with van der Waals surface area (Å²) in [5.41, 5.74) is 2.61. The lowest BCUT2D eigenvalue weighted by atomic mass is 9.49. The van der Waals surface area contributed by atoms with Crippen molar-refractivity contribution in [1.29, 1.82) is 0 Å². The van der Waals surface area contributed by atoms with Gasteiger partial charge in [0.2, 0.25) is 11.9 Å². The summed E-state index contributed by atoms with van der Waals surface area (Å²) in [6, 6.07) is 9.92. The highest BCUT2D eigenvalue weighted by molar-refractivity contribution is 5.95. The minimum Gasteiger partial charge on any atom is -0.378 e. The van der Waals surface area contributed by atoms with Crippen molar-refractivity contribution in [1.82, 2.24) is 9.97 Å². The van der Waals surface area contributed by atoms with Gasteiger partial charge in [0.05, 0.1) is 18.6 Å². The molecule has 1 aliphatic heterocycles. The third-order valence-electron chi connectivity index (χ3n) is 8.07. The van der Waals surface area contributed by atoms with Crippen molar-refractivity contribution in [3.8, 4) is 0 Å². The van der Waals surface area contributed by atoms with E-state index in [-0.39, 0.29) is 11.3 Å². The molecule has 5 aliphatic rings. The molecule has 2 heterocycles. The molecule has 174 valence electrons. The van der Waals surface area contributed by atoms with Crippen LogP contribution in [0.4, 0.5) is 23.1 Å². The van der Waals surface area contributed by atoms with E-state index < -0.39 is 0 Å². The molecule has 0 radical (unpaired) electrons. The first kappa shape index (κ1) is 20.9. The maximum Gasteiger partial charge on any atom is 0.230 e. The highest BCUT2D eigenvalue weighted by Crippen LogP contribution is 2.60. The number of hydrogen-bond donors (Lipinski definition) is 2. The Bertz CT molecular complexity index is 996. The molecule has 7 heteroatoms. The van der Waals surface area contributed by atoms with Gasteiger partial charge in [-0.1, -0.05) is 0 Å². The lowest BCUT2D eigenvalue weighted by Crippen LogP contribution is -2.51. The van der Waals surface area contributed by atoms with E-state index in [1.54, 1.807) is 0 Å². The number of ether oxygens (including phenoxy) is 1. The molecule has 0 atom stereocenters. The topological polar surface area (TPSA) is 79.4 Å². The van der Waals surface area contributed by atoms with Crippen molar-refractivity contribution < 1.29 is 9.53 Å². The molecular formula is C26H33N5O2. The fraction of sp³-hybridized carbons (Fsp3) is 0.577. The lowest BCUT2D eigenvalue weighted by Gasteiger charge is -2.55. The van der Waals surface area contributed by atoms with Gasteiger partial charge in [0.1, 0.15) is 5.82 Å². The second-order valence-electron chi connectivity index (χ2n) is 10.6. The number of nitrogens with zero attached hydrogens (tertiary/aromatic N) is 3. The van der Waals surface area contributed by atoms with Gasteiger partial charge in [0.25, 0.3) is 0 Å². The Balaban J connectivity index is 1.12. The van der Waals surface area contributed by atoms with Crippen LogP contribution in [-0.4, -0.2) is 42.2 Å². The fourth-order valence-electron chi connectivity index (χ4n) is 6.96. The first-order chi connectivity index (χ1) is 16.0. The van der Waals surface area contributed by atoms with Crippen LogP contribution in [0.25, 0.3) is 0 Å². The third kappa shape index (κ3) is 4.19. The van der Waals surface area contributed by atoms with Crippen LogP contribution >= 0.6 is 0 Å². The molecular weight excluding hydrogens is 414 g/mol. The summed E-state index contributed by atoms with van der Waals surface area (Å²) < 4.78 is 5.44. The molecule has 4 bridgehead atoms. The zero-order valence-corrected chi connectivity index (χ0v) is 19.3. The van der Waals surface area contributed by atoms with E-state index in [9.17, 15) is 4.79 Å². The Hall–Kier alpha value is -2.67. The maximum atomic E-state index is 13.3. The summed E-state index contributed by atoms with van der Waals surface area (Å²) >= 11 is 0. The molecule has 0 unspecified atom stereocenters. The zero-order valence-electron chi connectivity index (χ0n) is 19.3. The van der Waals surface area contributed by atoms with Crippen LogP contribution in [-0.2, 0) is 9.53 Å². The average molecular weight is 448 g/mol. The Morgan fingerprint density at radius 3 is 2.21 bits per heavy atom. The van der Waals surface area contributed by atoms with Gasteiger partial charge in [-0.25, -0.2) is 4.98 Å². The second-order valence-corrected chi connectivity index (χ2v) is 10.6. The van der Waals surface area contributed by atoms with Crippen LogP contribution < -0.4 is 15.5 Å². The predicted octanol–water partition coefficient (Wildman–Crippen LogP) is 4.52. The summed E-state index contributed by atoms with van der Waals surface area (Å²) in [6.07, 6.45) is 7.31. The number of rotatable bonds is 5. The van der Waals surface area contributed by atoms with Crippen molar-refractivity contribution in [2.24, 2.45) is 23.2 Å². The van der Waals surface area contributed by atoms with Gasteiger partial charge in [0, 0.05) is 36.2 Å². The molecule has 33 heavy (non-hydrogen) atoms. The molecule has 1 saturated heterocycles. The number of carbonyl (C=O) groups is 1. The third-order valence-corrected chi connectivity index (χ3v) is 8.07.